The van der Waals surface area contributed by atoms with Gasteiger partial charge < -0.3 is 4.74 Å². The van der Waals surface area contributed by atoms with Crippen LogP contribution in [-0.4, -0.2) is 18.6 Å². The average molecular weight is 296 g/mol. The second kappa shape index (κ2) is 6.59. The van der Waals surface area contributed by atoms with Gasteiger partial charge in [-0.15, -0.1) is 11.6 Å². The maximum atomic E-state index is 5.81. The Bertz CT molecular complexity index is 293. The molecule has 0 radical (unpaired) electrons. The Hall–Kier alpha value is 0.140. The van der Waals surface area contributed by atoms with E-state index in [1.807, 2.05) is 18.2 Å². The van der Waals surface area contributed by atoms with E-state index in [-0.39, 0.29) is 0 Å². The largest absolute Gasteiger partial charge is 0.492 e. The molecule has 0 spiro atoms. The summed E-state index contributed by atoms with van der Waals surface area (Å²) in [6.45, 7) is 0.729. The van der Waals surface area contributed by atoms with E-state index in [2.05, 4.69) is 22.2 Å². The second-order valence-corrected chi connectivity index (χ2v) is 4.90. The number of ether oxygens (including phenoxy) is 1. The van der Waals surface area contributed by atoms with Crippen molar-refractivity contribution in [3.05, 3.63) is 28.2 Å². The standard InChI is InChI=1S/C10H12BrClOS/c1-14-5-4-13-10-3-2-9(11)6-8(10)7-12/h2-3,6H,4-5,7H2,1H3. The maximum Gasteiger partial charge on any atom is 0.123 e. The average Bonchev–Trinajstić information content (AvgIpc) is 2.20. The van der Waals surface area contributed by atoms with Crippen LogP contribution >= 0.6 is 39.3 Å². The number of hydrogen-bond acceptors (Lipinski definition) is 2. The van der Waals surface area contributed by atoms with Crippen molar-refractivity contribution in [3.8, 4) is 5.75 Å². The number of rotatable bonds is 5. The third-order valence-electron chi connectivity index (χ3n) is 1.71. The lowest BCUT2D eigenvalue weighted by atomic mass is 10.2. The van der Waals surface area contributed by atoms with Crippen LogP contribution in [0.2, 0.25) is 0 Å². The van der Waals surface area contributed by atoms with E-state index in [1.165, 1.54) is 0 Å². The van der Waals surface area contributed by atoms with Crippen LogP contribution in [0, 0.1) is 0 Å². The molecule has 78 valence electrons. The summed E-state index contributed by atoms with van der Waals surface area (Å²) in [7, 11) is 0. The lowest BCUT2D eigenvalue weighted by Crippen LogP contribution is -2.01. The van der Waals surface area contributed by atoms with Gasteiger partial charge in [0.05, 0.1) is 12.5 Å². The first-order valence-electron chi connectivity index (χ1n) is 4.24. The van der Waals surface area contributed by atoms with Crippen molar-refractivity contribution in [2.75, 3.05) is 18.6 Å². The molecule has 0 aromatic heterocycles. The van der Waals surface area contributed by atoms with E-state index in [0.717, 1.165) is 28.1 Å². The van der Waals surface area contributed by atoms with Gasteiger partial charge in [-0.3, -0.25) is 0 Å². The third-order valence-corrected chi connectivity index (χ3v) is 3.07. The van der Waals surface area contributed by atoms with Gasteiger partial charge >= 0.3 is 0 Å². The van der Waals surface area contributed by atoms with Crippen molar-refractivity contribution in [1.82, 2.24) is 0 Å². The summed E-state index contributed by atoms with van der Waals surface area (Å²) in [5, 5.41) is 0. The molecule has 0 N–H and O–H groups in total. The third kappa shape index (κ3) is 3.71. The first-order valence-corrected chi connectivity index (χ1v) is 6.96. The van der Waals surface area contributed by atoms with E-state index in [0.29, 0.717) is 5.88 Å². The minimum Gasteiger partial charge on any atom is -0.492 e. The van der Waals surface area contributed by atoms with Crippen LogP contribution in [0.1, 0.15) is 5.56 Å². The summed E-state index contributed by atoms with van der Waals surface area (Å²) in [4.78, 5) is 0. The Labute approximate surface area is 102 Å². The predicted molar refractivity (Wildman–Crippen MR) is 67.6 cm³/mol. The Balaban J connectivity index is 2.65. The molecule has 0 aliphatic carbocycles. The van der Waals surface area contributed by atoms with Crippen molar-refractivity contribution in [2.45, 2.75) is 5.88 Å². The topological polar surface area (TPSA) is 9.23 Å². The fourth-order valence-corrected chi connectivity index (χ4v) is 1.90. The summed E-state index contributed by atoms with van der Waals surface area (Å²) < 4.78 is 6.63. The molecule has 0 amide bonds. The van der Waals surface area contributed by atoms with Crippen LogP contribution in [0.25, 0.3) is 0 Å². The molecule has 4 heteroatoms. The molecular weight excluding hydrogens is 284 g/mol. The van der Waals surface area contributed by atoms with Gasteiger partial charge in [0, 0.05) is 15.8 Å². The number of benzene rings is 1. The lowest BCUT2D eigenvalue weighted by molar-refractivity contribution is 0.341. The van der Waals surface area contributed by atoms with Gasteiger partial charge in [-0.05, 0) is 24.5 Å². The minimum atomic E-state index is 0.480. The molecular formula is C10H12BrClOS. The molecule has 0 unspecified atom stereocenters. The summed E-state index contributed by atoms with van der Waals surface area (Å²) in [5.41, 5.74) is 1.03. The molecule has 0 fully saturated rings. The second-order valence-electron chi connectivity index (χ2n) is 2.73. The fourth-order valence-electron chi connectivity index (χ4n) is 1.03. The molecule has 0 heterocycles. The maximum absolute atomic E-state index is 5.81. The highest BCUT2D eigenvalue weighted by molar-refractivity contribution is 9.10. The van der Waals surface area contributed by atoms with Gasteiger partial charge in [0.15, 0.2) is 0 Å². The van der Waals surface area contributed by atoms with E-state index in [9.17, 15) is 0 Å². The molecule has 0 saturated carbocycles. The fraction of sp³-hybridized carbons (Fsp3) is 0.400. The lowest BCUT2D eigenvalue weighted by Gasteiger charge is -2.09. The Morgan fingerprint density at radius 3 is 2.93 bits per heavy atom. The first kappa shape index (κ1) is 12.2. The SMILES string of the molecule is CSCCOc1ccc(Br)cc1CCl. The quantitative estimate of drug-likeness (QED) is 0.601. The van der Waals surface area contributed by atoms with Crippen LogP contribution in [0.5, 0.6) is 5.75 Å². The van der Waals surface area contributed by atoms with Gasteiger partial charge in [-0.2, -0.15) is 11.8 Å². The highest BCUT2D eigenvalue weighted by atomic mass is 79.9. The van der Waals surface area contributed by atoms with Crippen molar-refractivity contribution in [3.63, 3.8) is 0 Å². The Morgan fingerprint density at radius 2 is 2.29 bits per heavy atom. The number of thioether (sulfide) groups is 1. The van der Waals surface area contributed by atoms with E-state index >= 15 is 0 Å². The van der Waals surface area contributed by atoms with Crippen LogP contribution in [-0.2, 0) is 5.88 Å². The molecule has 1 rings (SSSR count). The van der Waals surface area contributed by atoms with Crippen molar-refractivity contribution in [2.24, 2.45) is 0 Å². The van der Waals surface area contributed by atoms with E-state index < -0.39 is 0 Å². The summed E-state index contributed by atoms with van der Waals surface area (Å²) in [6, 6.07) is 5.90. The van der Waals surface area contributed by atoms with Gasteiger partial charge in [0.2, 0.25) is 0 Å². The monoisotopic (exact) mass is 294 g/mol. The van der Waals surface area contributed by atoms with Gasteiger partial charge in [-0.25, -0.2) is 0 Å². The predicted octanol–water partition coefficient (Wildman–Crippen LogP) is 3.93. The molecule has 0 aliphatic heterocycles. The summed E-state index contributed by atoms with van der Waals surface area (Å²) >= 11 is 11.0. The summed E-state index contributed by atoms with van der Waals surface area (Å²) in [6.07, 6.45) is 2.06. The summed E-state index contributed by atoms with van der Waals surface area (Å²) in [5.74, 6) is 2.36. The van der Waals surface area contributed by atoms with Crippen LogP contribution < -0.4 is 4.74 Å². The smallest absolute Gasteiger partial charge is 0.123 e. The van der Waals surface area contributed by atoms with Crippen molar-refractivity contribution >= 4 is 39.3 Å². The highest BCUT2D eigenvalue weighted by Gasteiger charge is 2.02. The van der Waals surface area contributed by atoms with Gasteiger partial charge in [-0.1, -0.05) is 15.9 Å². The van der Waals surface area contributed by atoms with Gasteiger partial charge in [0.1, 0.15) is 5.75 Å². The van der Waals surface area contributed by atoms with Crippen molar-refractivity contribution in [1.29, 1.82) is 0 Å². The Kier molecular flexibility index (Phi) is 5.75. The molecule has 14 heavy (non-hydrogen) atoms. The van der Waals surface area contributed by atoms with Crippen molar-refractivity contribution < 1.29 is 4.74 Å². The van der Waals surface area contributed by atoms with Crippen LogP contribution in [0.3, 0.4) is 0 Å². The van der Waals surface area contributed by atoms with E-state index in [4.69, 9.17) is 16.3 Å². The molecule has 0 bridgehead atoms. The first-order chi connectivity index (χ1) is 6.77. The number of alkyl halides is 1. The molecule has 1 nitrogen and oxygen atoms in total. The minimum absolute atomic E-state index is 0.480. The molecule has 1 aromatic carbocycles. The van der Waals surface area contributed by atoms with E-state index in [1.54, 1.807) is 11.8 Å². The zero-order valence-corrected chi connectivity index (χ0v) is 11.1. The highest BCUT2D eigenvalue weighted by Crippen LogP contribution is 2.24. The molecule has 0 aliphatic rings. The number of hydrogen-bond donors (Lipinski definition) is 0. The zero-order valence-electron chi connectivity index (χ0n) is 7.93. The van der Waals surface area contributed by atoms with Crippen LogP contribution in [0.15, 0.2) is 22.7 Å². The normalized spacial score (nSPS) is 10.2. The number of halogens is 2. The molecule has 1 aromatic rings. The zero-order chi connectivity index (χ0) is 10.4. The Morgan fingerprint density at radius 1 is 1.50 bits per heavy atom. The van der Waals surface area contributed by atoms with Crippen LogP contribution in [0.4, 0.5) is 0 Å². The molecule has 0 saturated heterocycles. The molecule has 0 atom stereocenters. The van der Waals surface area contributed by atoms with Gasteiger partial charge in [0.25, 0.3) is 0 Å².